The van der Waals surface area contributed by atoms with Crippen molar-refractivity contribution in [3.05, 3.63) is 59.9 Å². The molecule has 2 aromatic carbocycles. The number of hydrogen-bond donors (Lipinski definition) is 3. The SMILES string of the molecule is CC(C)(Cc1ccc(F)cc1)NC[C@@H](O)COc1cccc(S(=O)(=O)NN2CCOC(C#N)C2Cl)c1.Cl. The molecule has 1 heterocycles. The molecule has 0 bridgehead atoms. The molecule has 1 saturated heterocycles. The summed E-state index contributed by atoms with van der Waals surface area (Å²) in [6.45, 7) is 4.46. The van der Waals surface area contributed by atoms with Crippen LogP contribution in [0.4, 0.5) is 4.39 Å². The van der Waals surface area contributed by atoms with Crippen LogP contribution in [0.5, 0.6) is 5.75 Å². The molecule has 3 atom stereocenters. The van der Waals surface area contributed by atoms with Crippen LogP contribution >= 0.6 is 24.0 Å². The van der Waals surface area contributed by atoms with Gasteiger partial charge in [0, 0.05) is 24.7 Å². The molecule has 1 fully saturated rings. The van der Waals surface area contributed by atoms with Crippen molar-refractivity contribution in [2.45, 2.75) is 48.4 Å². The molecular weight excluding hydrogens is 546 g/mol. The highest BCUT2D eigenvalue weighted by Crippen LogP contribution is 2.21. The van der Waals surface area contributed by atoms with Crippen LogP contribution in [0, 0.1) is 17.1 Å². The molecule has 0 spiro atoms. The van der Waals surface area contributed by atoms with Crippen LogP contribution < -0.4 is 14.9 Å². The first-order chi connectivity index (χ1) is 17.0. The summed E-state index contributed by atoms with van der Waals surface area (Å²) >= 11 is 6.15. The van der Waals surface area contributed by atoms with Crippen LogP contribution in [0.3, 0.4) is 0 Å². The van der Waals surface area contributed by atoms with E-state index < -0.39 is 27.7 Å². The van der Waals surface area contributed by atoms with Crippen molar-refractivity contribution in [1.29, 1.82) is 5.26 Å². The number of alkyl halides is 1. The van der Waals surface area contributed by atoms with E-state index in [1.54, 1.807) is 18.2 Å². The number of hydrogen-bond acceptors (Lipinski definition) is 8. The molecule has 0 aromatic heterocycles. The number of ether oxygens (including phenoxy) is 2. The van der Waals surface area contributed by atoms with Gasteiger partial charge in [-0.1, -0.05) is 18.2 Å². The third-order valence-electron chi connectivity index (χ3n) is 5.48. The first-order valence-corrected chi connectivity index (χ1v) is 13.3. The first kappa shape index (κ1) is 31.2. The maximum absolute atomic E-state index is 13.1. The van der Waals surface area contributed by atoms with Crippen molar-refractivity contribution >= 4 is 34.0 Å². The maximum atomic E-state index is 13.1. The quantitative estimate of drug-likeness (QED) is 0.275. The number of rotatable bonds is 11. The van der Waals surface area contributed by atoms with Crippen LogP contribution in [0.15, 0.2) is 53.4 Å². The number of nitriles is 1. The lowest BCUT2D eigenvalue weighted by Gasteiger charge is -2.34. The number of aliphatic hydroxyl groups is 1. The van der Waals surface area contributed by atoms with Gasteiger partial charge in [-0.15, -0.1) is 28.8 Å². The minimum Gasteiger partial charge on any atom is -0.491 e. The van der Waals surface area contributed by atoms with Crippen LogP contribution in [0.1, 0.15) is 19.4 Å². The van der Waals surface area contributed by atoms with Gasteiger partial charge >= 0.3 is 0 Å². The van der Waals surface area contributed by atoms with Crippen LogP contribution in [-0.2, 0) is 21.2 Å². The lowest BCUT2D eigenvalue weighted by molar-refractivity contribution is -0.0247. The highest BCUT2D eigenvalue weighted by molar-refractivity contribution is 7.89. The smallest absolute Gasteiger partial charge is 0.253 e. The minimum absolute atomic E-state index is 0. The van der Waals surface area contributed by atoms with Crippen LogP contribution in [0.25, 0.3) is 0 Å². The number of aliphatic hydroxyl groups excluding tert-OH is 1. The standard InChI is InChI=1S/C24H30ClFN4O5S.ClH/c1-24(2,13-17-6-8-18(26)9-7-17)28-15-19(31)16-35-20-4-3-5-21(12-20)36(32,33)29-30-10-11-34-22(14-27)23(30)25;/h3-9,12,19,22-23,28-29,31H,10-11,13,15-16H2,1-2H3;1H/t19-,22?,23?;/m1./s1. The van der Waals surface area contributed by atoms with Crippen LogP contribution in [0.2, 0.25) is 0 Å². The fourth-order valence-electron chi connectivity index (χ4n) is 3.60. The van der Waals surface area contributed by atoms with Gasteiger partial charge in [0.1, 0.15) is 29.8 Å². The highest BCUT2D eigenvalue weighted by Gasteiger charge is 2.33. The van der Waals surface area contributed by atoms with Crippen molar-refractivity contribution in [1.82, 2.24) is 15.2 Å². The number of sulfonamides is 1. The van der Waals surface area contributed by atoms with Crippen molar-refractivity contribution < 1.29 is 27.4 Å². The molecule has 0 aliphatic carbocycles. The van der Waals surface area contributed by atoms with Gasteiger partial charge in [-0.05, 0) is 50.1 Å². The molecule has 0 amide bonds. The Morgan fingerprint density at radius 2 is 2.03 bits per heavy atom. The number of halogens is 3. The molecule has 204 valence electrons. The second-order valence-electron chi connectivity index (χ2n) is 9.09. The van der Waals surface area contributed by atoms with Crippen molar-refractivity contribution in [3.8, 4) is 11.8 Å². The lowest BCUT2D eigenvalue weighted by Crippen LogP contribution is -2.55. The first-order valence-electron chi connectivity index (χ1n) is 11.3. The molecule has 0 saturated carbocycles. The Hall–Kier alpha value is -2.01. The topological polar surface area (TPSA) is 124 Å². The molecule has 3 rings (SSSR count). The Labute approximate surface area is 227 Å². The average molecular weight is 578 g/mol. The normalized spacial score (nSPS) is 19.5. The highest BCUT2D eigenvalue weighted by atomic mass is 35.5. The van der Waals surface area contributed by atoms with E-state index in [4.69, 9.17) is 26.3 Å². The molecule has 9 nitrogen and oxygen atoms in total. The Balaban J connectivity index is 0.00000481. The summed E-state index contributed by atoms with van der Waals surface area (Å²) in [4.78, 5) is 2.33. The summed E-state index contributed by atoms with van der Waals surface area (Å²) in [5.41, 5.74) is -0.372. The zero-order valence-electron chi connectivity index (χ0n) is 20.4. The van der Waals surface area contributed by atoms with Gasteiger partial charge in [-0.25, -0.2) is 17.8 Å². The number of nitrogens with one attached hydrogen (secondary N) is 2. The molecule has 3 N–H and O–H groups in total. The summed E-state index contributed by atoms with van der Waals surface area (Å²) in [5, 5.41) is 24.0. The molecule has 0 radical (unpaired) electrons. The van der Waals surface area contributed by atoms with Crippen molar-refractivity contribution in [2.75, 3.05) is 26.3 Å². The van der Waals surface area contributed by atoms with E-state index in [-0.39, 0.29) is 60.7 Å². The van der Waals surface area contributed by atoms with E-state index in [1.807, 2.05) is 19.9 Å². The zero-order valence-corrected chi connectivity index (χ0v) is 22.8. The fourth-order valence-corrected chi connectivity index (χ4v) is 5.08. The molecule has 1 aliphatic rings. The zero-order chi connectivity index (χ0) is 26.3. The van der Waals surface area contributed by atoms with E-state index in [1.165, 1.54) is 35.3 Å². The molecule has 13 heteroatoms. The van der Waals surface area contributed by atoms with E-state index in [0.717, 1.165) is 5.56 Å². The lowest BCUT2D eigenvalue weighted by atomic mass is 9.94. The van der Waals surface area contributed by atoms with E-state index in [2.05, 4.69) is 10.1 Å². The summed E-state index contributed by atoms with van der Waals surface area (Å²) < 4.78 is 49.6. The second-order valence-corrected chi connectivity index (χ2v) is 11.2. The van der Waals surface area contributed by atoms with E-state index in [9.17, 15) is 17.9 Å². The summed E-state index contributed by atoms with van der Waals surface area (Å²) in [7, 11) is -4.00. The van der Waals surface area contributed by atoms with Gasteiger partial charge in [-0.3, -0.25) is 0 Å². The second kappa shape index (κ2) is 13.7. The monoisotopic (exact) mass is 576 g/mol. The van der Waals surface area contributed by atoms with Gasteiger partial charge in [0.15, 0.2) is 6.10 Å². The Morgan fingerprint density at radius 1 is 1.32 bits per heavy atom. The van der Waals surface area contributed by atoms with Gasteiger partial charge in [0.05, 0.1) is 17.6 Å². The number of β-amino-alcohol motifs (C(OH)–C–C–N with tert-alkyl or cyclic N) is 1. The third kappa shape index (κ3) is 9.35. The summed E-state index contributed by atoms with van der Waals surface area (Å²) in [5.74, 6) is -0.0245. The van der Waals surface area contributed by atoms with Crippen LogP contribution in [-0.4, -0.2) is 68.1 Å². The molecular formula is C24H31Cl2FN4O5S. The Morgan fingerprint density at radius 3 is 2.70 bits per heavy atom. The van der Waals surface area contributed by atoms with E-state index in [0.29, 0.717) is 6.42 Å². The molecule has 2 aromatic rings. The van der Waals surface area contributed by atoms with Gasteiger partial charge in [-0.2, -0.15) is 5.26 Å². The Kier molecular flexibility index (Phi) is 11.5. The fraction of sp³-hybridized carbons (Fsp3) is 0.458. The molecule has 2 unspecified atom stereocenters. The molecule has 1 aliphatic heterocycles. The van der Waals surface area contributed by atoms with Crippen molar-refractivity contribution in [3.63, 3.8) is 0 Å². The predicted octanol–water partition coefficient (Wildman–Crippen LogP) is 2.58. The number of morpholine rings is 1. The number of nitrogens with zero attached hydrogens (tertiary/aromatic N) is 2. The van der Waals surface area contributed by atoms with Crippen molar-refractivity contribution in [2.24, 2.45) is 0 Å². The van der Waals surface area contributed by atoms with E-state index >= 15 is 0 Å². The van der Waals surface area contributed by atoms with Gasteiger partial charge < -0.3 is 19.9 Å². The minimum atomic E-state index is -4.00. The number of benzene rings is 2. The van der Waals surface area contributed by atoms with Gasteiger partial charge in [0.2, 0.25) is 0 Å². The summed E-state index contributed by atoms with van der Waals surface area (Å²) in [6, 6.07) is 14.0. The maximum Gasteiger partial charge on any atom is 0.253 e. The molecule has 37 heavy (non-hydrogen) atoms. The third-order valence-corrected chi connectivity index (χ3v) is 7.29. The summed E-state index contributed by atoms with van der Waals surface area (Å²) in [6.07, 6.45) is -1.19. The van der Waals surface area contributed by atoms with Gasteiger partial charge in [0.25, 0.3) is 10.0 Å². The predicted molar refractivity (Wildman–Crippen MR) is 139 cm³/mol. The average Bonchev–Trinajstić information content (AvgIpc) is 2.84. The number of hydrazine groups is 1. The Bertz CT molecular complexity index is 1160. The largest absolute Gasteiger partial charge is 0.491 e.